The lowest BCUT2D eigenvalue weighted by Gasteiger charge is -2.14. The molecule has 0 saturated heterocycles. The first kappa shape index (κ1) is 15.5. The Morgan fingerprint density at radius 3 is 2.43 bits per heavy atom. The van der Waals surface area contributed by atoms with Gasteiger partial charge >= 0.3 is 0 Å². The molecule has 21 heavy (non-hydrogen) atoms. The normalized spacial score (nSPS) is 11.8. The highest BCUT2D eigenvalue weighted by molar-refractivity contribution is 9.10. The Morgan fingerprint density at radius 2 is 1.81 bits per heavy atom. The van der Waals surface area contributed by atoms with Crippen LogP contribution >= 0.6 is 15.9 Å². The lowest BCUT2D eigenvalue weighted by molar-refractivity contribution is -0.123. The van der Waals surface area contributed by atoms with Gasteiger partial charge in [-0.05, 0) is 48.9 Å². The van der Waals surface area contributed by atoms with Crippen molar-refractivity contribution in [2.45, 2.75) is 13.0 Å². The first-order valence-electron chi connectivity index (χ1n) is 6.48. The lowest BCUT2D eigenvalue weighted by Crippen LogP contribution is -2.31. The molecule has 5 heteroatoms. The van der Waals surface area contributed by atoms with Crippen molar-refractivity contribution in [1.29, 1.82) is 0 Å². The van der Waals surface area contributed by atoms with Gasteiger partial charge < -0.3 is 10.1 Å². The van der Waals surface area contributed by atoms with E-state index in [0.717, 1.165) is 10.0 Å². The van der Waals surface area contributed by atoms with Gasteiger partial charge in [0.05, 0.1) is 6.04 Å². The van der Waals surface area contributed by atoms with Crippen LogP contribution in [-0.2, 0) is 4.79 Å². The van der Waals surface area contributed by atoms with Gasteiger partial charge in [-0.1, -0.05) is 28.1 Å². The minimum atomic E-state index is -0.296. The summed E-state index contributed by atoms with van der Waals surface area (Å²) < 4.78 is 19.2. The highest BCUT2D eigenvalue weighted by atomic mass is 79.9. The van der Waals surface area contributed by atoms with Crippen LogP contribution in [0.3, 0.4) is 0 Å². The monoisotopic (exact) mass is 351 g/mol. The number of hydrogen-bond acceptors (Lipinski definition) is 2. The van der Waals surface area contributed by atoms with Gasteiger partial charge in [0, 0.05) is 4.47 Å². The second-order valence-electron chi connectivity index (χ2n) is 4.58. The van der Waals surface area contributed by atoms with Crippen molar-refractivity contribution < 1.29 is 13.9 Å². The van der Waals surface area contributed by atoms with Crippen molar-refractivity contribution >= 4 is 21.8 Å². The molecule has 110 valence electrons. The molecule has 0 bridgehead atoms. The number of carbonyl (C=O) groups excluding carboxylic acids is 1. The molecule has 0 aliphatic carbocycles. The number of hydrogen-bond donors (Lipinski definition) is 1. The summed E-state index contributed by atoms with van der Waals surface area (Å²) in [6.07, 6.45) is 0. The molecule has 0 saturated carbocycles. The lowest BCUT2D eigenvalue weighted by atomic mass is 10.1. The maximum absolute atomic E-state index is 12.8. The van der Waals surface area contributed by atoms with Gasteiger partial charge in [0.25, 0.3) is 5.91 Å². The van der Waals surface area contributed by atoms with Crippen LogP contribution in [0.5, 0.6) is 5.75 Å². The van der Waals surface area contributed by atoms with Crippen molar-refractivity contribution in [1.82, 2.24) is 5.32 Å². The minimum absolute atomic E-state index is 0.0623. The molecule has 2 aromatic rings. The molecule has 0 heterocycles. The van der Waals surface area contributed by atoms with E-state index in [9.17, 15) is 9.18 Å². The fourth-order valence-corrected chi connectivity index (χ4v) is 2.06. The summed E-state index contributed by atoms with van der Waals surface area (Å²) in [6.45, 7) is 1.78. The summed E-state index contributed by atoms with van der Waals surface area (Å²) in [5.74, 6) is 0.105. The Bertz CT molecular complexity index is 599. The Morgan fingerprint density at radius 1 is 1.19 bits per heavy atom. The van der Waals surface area contributed by atoms with Crippen molar-refractivity contribution in [3.63, 3.8) is 0 Å². The third-order valence-corrected chi connectivity index (χ3v) is 3.46. The van der Waals surface area contributed by atoms with Gasteiger partial charge in [-0.3, -0.25) is 4.79 Å². The zero-order valence-corrected chi connectivity index (χ0v) is 13.1. The SMILES string of the molecule is C[C@H](NC(=O)COc1ccc(Br)cc1)c1ccc(F)cc1. The average Bonchev–Trinajstić information content (AvgIpc) is 2.47. The largest absolute Gasteiger partial charge is 0.484 e. The quantitative estimate of drug-likeness (QED) is 0.888. The summed E-state index contributed by atoms with van der Waals surface area (Å²) >= 11 is 3.33. The molecule has 0 radical (unpaired) electrons. The van der Waals surface area contributed by atoms with Crippen LogP contribution in [-0.4, -0.2) is 12.5 Å². The predicted octanol–water partition coefficient (Wildman–Crippen LogP) is 3.84. The summed E-state index contributed by atoms with van der Waals surface area (Å²) in [4.78, 5) is 11.8. The smallest absolute Gasteiger partial charge is 0.258 e. The van der Waals surface area contributed by atoms with Crippen molar-refractivity contribution in [3.05, 3.63) is 64.4 Å². The Balaban J connectivity index is 1.83. The van der Waals surface area contributed by atoms with E-state index >= 15 is 0 Å². The fourth-order valence-electron chi connectivity index (χ4n) is 1.80. The number of benzene rings is 2. The third-order valence-electron chi connectivity index (χ3n) is 2.93. The van der Waals surface area contributed by atoms with Crippen LogP contribution in [0.25, 0.3) is 0 Å². The number of halogens is 2. The predicted molar refractivity (Wildman–Crippen MR) is 82.6 cm³/mol. The maximum Gasteiger partial charge on any atom is 0.258 e. The van der Waals surface area contributed by atoms with E-state index in [4.69, 9.17) is 4.74 Å². The number of nitrogens with one attached hydrogen (secondary N) is 1. The fraction of sp³-hybridized carbons (Fsp3) is 0.188. The van der Waals surface area contributed by atoms with Crippen LogP contribution in [0, 0.1) is 5.82 Å². The van der Waals surface area contributed by atoms with Crippen LogP contribution < -0.4 is 10.1 Å². The number of rotatable bonds is 5. The van der Waals surface area contributed by atoms with Gasteiger partial charge in [-0.15, -0.1) is 0 Å². The highest BCUT2D eigenvalue weighted by Crippen LogP contribution is 2.16. The molecule has 0 fully saturated rings. The first-order chi connectivity index (χ1) is 10.0. The van der Waals surface area contributed by atoms with Gasteiger partial charge in [-0.2, -0.15) is 0 Å². The minimum Gasteiger partial charge on any atom is -0.484 e. The van der Waals surface area contributed by atoms with Gasteiger partial charge in [0.2, 0.25) is 0 Å². The van der Waals surface area contributed by atoms with E-state index in [1.807, 2.05) is 19.1 Å². The molecule has 0 aliphatic rings. The van der Waals surface area contributed by atoms with Crippen LogP contribution in [0.1, 0.15) is 18.5 Å². The maximum atomic E-state index is 12.8. The molecule has 2 aromatic carbocycles. The molecule has 3 nitrogen and oxygen atoms in total. The topological polar surface area (TPSA) is 38.3 Å². The van der Waals surface area contributed by atoms with Gasteiger partial charge in [0.15, 0.2) is 6.61 Å². The number of ether oxygens (including phenoxy) is 1. The Labute approximate surface area is 131 Å². The first-order valence-corrected chi connectivity index (χ1v) is 7.27. The third kappa shape index (κ3) is 4.86. The Kier molecular flexibility index (Phi) is 5.33. The molecule has 2 rings (SSSR count). The average molecular weight is 352 g/mol. The summed E-state index contributed by atoms with van der Waals surface area (Å²) in [6, 6.07) is 13.1. The van der Waals surface area contributed by atoms with E-state index in [2.05, 4.69) is 21.2 Å². The van der Waals surface area contributed by atoms with Crippen LogP contribution in [0.4, 0.5) is 4.39 Å². The summed E-state index contributed by atoms with van der Waals surface area (Å²) in [7, 11) is 0. The zero-order chi connectivity index (χ0) is 15.2. The summed E-state index contributed by atoms with van der Waals surface area (Å²) in [5.41, 5.74) is 0.841. The van der Waals surface area contributed by atoms with E-state index in [-0.39, 0.29) is 24.4 Å². The zero-order valence-electron chi connectivity index (χ0n) is 11.5. The molecule has 0 aliphatic heterocycles. The van der Waals surface area contributed by atoms with Gasteiger partial charge in [-0.25, -0.2) is 4.39 Å². The molecule has 1 atom stereocenters. The van der Waals surface area contributed by atoms with Crippen molar-refractivity contribution in [3.8, 4) is 5.75 Å². The van der Waals surface area contributed by atoms with Crippen LogP contribution in [0.2, 0.25) is 0 Å². The molecule has 0 spiro atoms. The molecule has 0 unspecified atom stereocenters. The number of carbonyl (C=O) groups is 1. The second kappa shape index (κ2) is 7.22. The number of amides is 1. The standard InChI is InChI=1S/C16H15BrFNO2/c1-11(12-2-6-14(18)7-3-12)19-16(20)10-21-15-8-4-13(17)5-9-15/h2-9,11H,10H2,1H3,(H,19,20)/t11-/m0/s1. The Hall–Kier alpha value is -1.88. The molecule has 1 N–H and O–H groups in total. The highest BCUT2D eigenvalue weighted by Gasteiger charge is 2.10. The molecular weight excluding hydrogens is 337 g/mol. The van der Waals surface area contributed by atoms with E-state index in [1.54, 1.807) is 24.3 Å². The van der Waals surface area contributed by atoms with Crippen molar-refractivity contribution in [2.75, 3.05) is 6.61 Å². The molecule has 0 aromatic heterocycles. The van der Waals surface area contributed by atoms with E-state index < -0.39 is 0 Å². The summed E-state index contributed by atoms with van der Waals surface area (Å²) in [5, 5.41) is 2.80. The second-order valence-corrected chi connectivity index (χ2v) is 5.50. The van der Waals surface area contributed by atoms with E-state index in [1.165, 1.54) is 12.1 Å². The molecule has 1 amide bonds. The van der Waals surface area contributed by atoms with E-state index in [0.29, 0.717) is 5.75 Å². The van der Waals surface area contributed by atoms with Gasteiger partial charge in [0.1, 0.15) is 11.6 Å². The van der Waals surface area contributed by atoms with Crippen LogP contribution in [0.15, 0.2) is 53.0 Å². The van der Waals surface area contributed by atoms with Crippen molar-refractivity contribution in [2.24, 2.45) is 0 Å². The molecular formula is C16H15BrFNO2.